The van der Waals surface area contributed by atoms with Crippen molar-refractivity contribution in [1.82, 2.24) is 0 Å². The summed E-state index contributed by atoms with van der Waals surface area (Å²) in [4.78, 5) is 53.4. The van der Waals surface area contributed by atoms with Crippen molar-refractivity contribution >= 4 is 35.3 Å². The second kappa shape index (κ2) is 15.7. The highest BCUT2D eigenvalue weighted by Crippen LogP contribution is 2.53. The molecule has 13 nitrogen and oxygen atoms in total. The van der Waals surface area contributed by atoms with Crippen molar-refractivity contribution in [2.45, 2.75) is 25.8 Å². The van der Waals surface area contributed by atoms with Gasteiger partial charge in [-0.2, -0.15) is 0 Å². The number of fused-ring (bicyclic) bond motifs is 1. The van der Waals surface area contributed by atoms with E-state index in [-0.39, 0.29) is 42.1 Å². The van der Waals surface area contributed by atoms with E-state index in [4.69, 9.17) is 33.2 Å². The summed E-state index contributed by atoms with van der Waals surface area (Å²) < 4.78 is 38.3. The predicted octanol–water partition coefficient (Wildman–Crippen LogP) is 4.56. The van der Waals surface area contributed by atoms with Gasteiger partial charge < -0.3 is 38.3 Å². The van der Waals surface area contributed by atoms with Gasteiger partial charge in [0.25, 0.3) is 0 Å². The van der Waals surface area contributed by atoms with Gasteiger partial charge >= 0.3 is 24.0 Å². The third-order valence-corrected chi connectivity index (χ3v) is 9.06. The summed E-state index contributed by atoms with van der Waals surface area (Å²) >= 11 is 0. The molecule has 0 saturated carbocycles. The molecule has 0 fully saturated rings. The molecule has 0 saturated heterocycles. The normalized spacial score (nSPS) is 18.7. The number of rotatable bonds is 11. The Morgan fingerprint density at radius 3 is 2.13 bits per heavy atom. The van der Waals surface area contributed by atoms with E-state index in [1.807, 2.05) is 0 Å². The number of esters is 2. The van der Waals surface area contributed by atoms with E-state index in [1.54, 1.807) is 37.3 Å². The lowest BCUT2D eigenvalue weighted by atomic mass is 9.69. The van der Waals surface area contributed by atoms with Crippen LogP contribution in [0.5, 0.6) is 17.2 Å². The number of methoxy groups -OCH3 is 6. The number of ether oxygens (including phenoxy) is 7. The summed E-state index contributed by atoms with van der Waals surface area (Å²) in [5.41, 5.74) is 2.95. The van der Waals surface area contributed by atoms with Crippen molar-refractivity contribution < 1.29 is 57.4 Å². The number of carbonyl (C=O) groups is 4. The number of hydrogen-bond donors (Lipinski definition) is 1. The Bertz CT molecular complexity index is 2050. The lowest BCUT2D eigenvalue weighted by molar-refractivity contribution is -0.141. The third kappa shape index (κ3) is 6.61. The van der Waals surface area contributed by atoms with Crippen molar-refractivity contribution in [3.8, 4) is 40.9 Å². The molecule has 270 valence electrons. The molecule has 1 amide bonds. The minimum absolute atomic E-state index is 0.0238. The van der Waals surface area contributed by atoms with Crippen LogP contribution in [-0.2, 0) is 35.0 Å². The van der Waals surface area contributed by atoms with Gasteiger partial charge in [0.05, 0.1) is 60.3 Å². The fourth-order valence-electron chi connectivity index (χ4n) is 6.79. The van der Waals surface area contributed by atoms with Crippen molar-refractivity contribution in [1.29, 1.82) is 0 Å². The second-order valence-corrected chi connectivity index (χ2v) is 11.6. The average Bonchev–Trinajstić information content (AvgIpc) is 3.14. The van der Waals surface area contributed by atoms with E-state index >= 15 is 0 Å². The fourth-order valence-corrected chi connectivity index (χ4v) is 6.79. The zero-order valence-electron chi connectivity index (χ0n) is 29.7. The number of benzene rings is 2. The van der Waals surface area contributed by atoms with E-state index in [1.165, 1.54) is 53.6 Å². The maximum absolute atomic E-state index is 14.2. The molecule has 0 aromatic heterocycles. The summed E-state index contributed by atoms with van der Waals surface area (Å²) in [5, 5.41) is 10.3. The number of aromatic carboxylic acids is 1. The van der Waals surface area contributed by atoms with Crippen molar-refractivity contribution in [2.75, 3.05) is 54.2 Å². The molecule has 0 unspecified atom stereocenters. The maximum Gasteiger partial charge on any atom is 0.415 e. The first-order valence-corrected chi connectivity index (χ1v) is 16.0. The van der Waals surface area contributed by atoms with E-state index in [0.717, 1.165) is 0 Å². The first kappa shape index (κ1) is 36.9. The maximum atomic E-state index is 14.2. The Hall–Kier alpha value is -6.34. The topological polar surface area (TPSA) is 156 Å². The number of carbonyl (C=O) groups excluding carboxylic acids is 3. The number of allylic oxidation sites excluding steroid dienone is 3. The van der Waals surface area contributed by atoms with Gasteiger partial charge in [-0.05, 0) is 47.6 Å². The Balaban J connectivity index is 1.82. The highest BCUT2D eigenvalue weighted by molar-refractivity contribution is 6.03. The van der Waals surface area contributed by atoms with Crippen LogP contribution < -0.4 is 19.1 Å². The Labute approximate surface area is 300 Å². The Kier molecular flexibility index (Phi) is 11.1. The van der Waals surface area contributed by atoms with E-state index in [9.17, 15) is 24.3 Å². The zero-order valence-corrected chi connectivity index (χ0v) is 29.7. The van der Waals surface area contributed by atoms with Crippen molar-refractivity contribution in [2.24, 2.45) is 11.8 Å². The van der Waals surface area contributed by atoms with Crippen LogP contribution in [0.4, 0.5) is 10.5 Å². The monoisotopic (exact) mass is 711 g/mol. The Morgan fingerprint density at radius 1 is 0.846 bits per heavy atom. The van der Waals surface area contributed by atoms with E-state index in [0.29, 0.717) is 45.0 Å². The Morgan fingerprint density at radius 2 is 1.52 bits per heavy atom. The van der Waals surface area contributed by atoms with Crippen molar-refractivity contribution in [3.63, 3.8) is 0 Å². The molecule has 3 atom stereocenters. The molecule has 2 aromatic rings. The van der Waals surface area contributed by atoms with Crippen LogP contribution in [0.3, 0.4) is 0 Å². The van der Waals surface area contributed by atoms with Crippen LogP contribution in [0, 0.1) is 35.5 Å². The van der Waals surface area contributed by atoms with Gasteiger partial charge in [-0.3, -0.25) is 9.69 Å². The number of nitrogens with zero attached hydrogens (tertiary/aromatic N) is 1. The number of amides is 1. The molecule has 2 aromatic carbocycles. The van der Waals surface area contributed by atoms with E-state index < -0.39 is 41.9 Å². The molecule has 1 N–H and O–H groups in total. The lowest BCUT2D eigenvalue weighted by Crippen LogP contribution is -2.48. The zero-order chi connectivity index (χ0) is 37.7. The SMILES string of the molecule is COC(=O)CCOC(=O)N1c2cc(Cc3c(OC)ccc(OC)c3C(=O)O)c(OC)cc2C2=C3[C@@H](C)C(C(=O)OC)=C(OC)[C@H]2C#C/C=C\C#C[C@@H]31. The van der Waals surface area contributed by atoms with Crippen LogP contribution in [0.2, 0.25) is 0 Å². The van der Waals surface area contributed by atoms with Gasteiger partial charge in [0.2, 0.25) is 0 Å². The quantitative estimate of drug-likeness (QED) is 0.197. The minimum Gasteiger partial charge on any atom is -0.499 e. The highest BCUT2D eigenvalue weighted by atomic mass is 16.6. The molecule has 13 heteroatoms. The molecular weight excluding hydrogens is 674 g/mol. The lowest BCUT2D eigenvalue weighted by Gasteiger charge is -2.43. The molecule has 1 heterocycles. The third-order valence-electron chi connectivity index (χ3n) is 9.06. The molecule has 5 rings (SSSR count). The van der Waals surface area contributed by atoms with Gasteiger partial charge in [0.15, 0.2) is 0 Å². The predicted molar refractivity (Wildman–Crippen MR) is 187 cm³/mol. The number of anilines is 1. The molecule has 4 bridgehead atoms. The molecule has 0 spiro atoms. The summed E-state index contributed by atoms with van der Waals surface area (Å²) in [6, 6.07) is 5.53. The molecule has 2 aliphatic carbocycles. The number of hydrogen-bond acceptors (Lipinski definition) is 11. The number of carboxylic acids is 1. The summed E-state index contributed by atoms with van der Waals surface area (Å²) in [5.74, 6) is 9.47. The second-order valence-electron chi connectivity index (χ2n) is 11.6. The van der Waals surface area contributed by atoms with Crippen LogP contribution in [0.25, 0.3) is 5.57 Å². The van der Waals surface area contributed by atoms with Gasteiger partial charge in [-0.1, -0.05) is 30.6 Å². The molecular formula is C39H37NO12. The minimum atomic E-state index is -1.23. The van der Waals surface area contributed by atoms with Gasteiger partial charge in [0, 0.05) is 29.0 Å². The first-order valence-electron chi connectivity index (χ1n) is 16.0. The molecule has 1 aliphatic heterocycles. The summed E-state index contributed by atoms with van der Waals surface area (Å²) in [6.07, 6.45) is 2.05. The van der Waals surface area contributed by atoms with Gasteiger partial charge in [-0.15, -0.1) is 0 Å². The van der Waals surface area contributed by atoms with Gasteiger partial charge in [-0.25, -0.2) is 14.4 Å². The van der Waals surface area contributed by atoms with Crippen LogP contribution in [-0.4, -0.2) is 84.4 Å². The van der Waals surface area contributed by atoms with Crippen LogP contribution in [0.1, 0.15) is 40.4 Å². The van der Waals surface area contributed by atoms with Gasteiger partial charge in [0.1, 0.15) is 47.1 Å². The van der Waals surface area contributed by atoms with Crippen LogP contribution in [0.15, 0.2) is 53.3 Å². The van der Waals surface area contributed by atoms with E-state index in [2.05, 4.69) is 23.7 Å². The standard InChI is InChI=1S/C39H37NO12/c1-21-32-26-13-11-9-8-10-12-23(36(50-6)33(21)38(44)51-7)34(32)24-20-30(48-4)22(19-27(24)40(26)39(45)52-17-16-31(41)49-5)18-25-28(46-2)14-15-29(47-3)35(25)37(42)43/h8-9,14-15,19-21,23,26H,16-18H2,1-7H3,(H,42,43)/b9-8-/t21-,23+,26+/m1/s1. The summed E-state index contributed by atoms with van der Waals surface area (Å²) in [6.45, 7) is 1.50. The summed E-state index contributed by atoms with van der Waals surface area (Å²) in [7, 11) is 8.22. The van der Waals surface area contributed by atoms with Crippen molar-refractivity contribution in [3.05, 3.63) is 75.6 Å². The highest BCUT2D eigenvalue weighted by Gasteiger charge is 2.48. The molecule has 0 radical (unpaired) electrons. The largest absolute Gasteiger partial charge is 0.499 e. The smallest absolute Gasteiger partial charge is 0.415 e. The first-order chi connectivity index (χ1) is 25.1. The molecule has 52 heavy (non-hydrogen) atoms. The average molecular weight is 712 g/mol. The molecule has 3 aliphatic rings. The van der Waals surface area contributed by atoms with Crippen LogP contribution >= 0.6 is 0 Å². The fraction of sp³-hybridized carbons (Fsp3) is 0.333. The number of carboxylic acid groups (broad SMARTS) is 1.